The Kier molecular flexibility index (Phi) is 5.63. The molecule has 0 bridgehead atoms. The average molecular weight is 402 g/mol. The predicted octanol–water partition coefficient (Wildman–Crippen LogP) is 2.66. The summed E-state index contributed by atoms with van der Waals surface area (Å²) in [5.41, 5.74) is 0. The van der Waals surface area contributed by atoms with E-state index in [-0.39, 0.29) is 18.3 Å². The minimum Gasteiger partial charge on any atom is -0.481 e. The van der Waals surface area contributed by atoms with Crippen molar-refractivity contribution in [1.29, 1.82) is 0 Å². The van der Waals surface area contributed by atoms with Gasteiger partial charge in [0.2, 0.25) is 11.7 Å². The highest BCUT2D eigenvalue weighted by atomic mass is 32.1. The van der Waals surface area contributed by atoms with Gasteiger partial charge in [-0.1, -0.05) is 23.4 Å². The summed E-state index contributed by atoms with van der Waals surface area (Å²) in [6.07, 6.45) is 0. The summed E-state index contributed by atoms with van der Waals surface area (Å²) in [6.45, 7) is 2.92. The third-order valence-corrected chi connectivity index (χ3v) is 5.35. The fraction of sp³-hybridized carbons (Fsp3) is 0.316. The van der Waals surface area contributed by atoms with Gasteiger partial charge in [0.25, 0.3) is 5.91 Å². The second-order valence-corrected chi connectivity index (χ2v) is 7.31. The van der Waals surface area contributed by atoms with Crippen molar-refractivity contribution in [2.24, 2.45) is 0 Å². The van der Waals surface area contributed by atoms with Crippen LogP contribution >= 0.6 is 11.3 Å². The Bertz CT molecular complexity index is 923. The number of thiophene rings is 1. The number of amides is 1. The fourth-order valence-electron chi connectivity index (χ4n) is 2.96. The van der Waals surface area contributed by atoms with Crippen LogP contribution < -0.4 is 4.74 Å². The molecule has 146 valence electrons. The van der Waals surface area contributed by atoms with Crippen LogP contribution in [0.3, 0.4) is 0 Å². The van der Waals surface area contributed by atoms with Crippen molar-refractivity contribution in [1.82, 2.24) is 19.9 Å². The van der Waals surface area contributed by atoms with Crippen molar-refractivity contribution in [2.45, 2.75) is 6.54 Å². The number of aromatic nitrogens is 2. The highest BCUT2D eigenvalue weighted by molar-refractivity contribution is 7.13. The molecule has 0 unspecified atom stereocenters. The van der Waals surface area contributed by atoms with Gasteiger partial charge in [-0.2, -0.15) is 4.98 Å². The summed E-state index contributed by atoms with van der Waals surface area (Å²) in [7, 11) is 0. The lowest BCUT2D eigenvalue weighted by molar-refractivity contribution is -0.135. The third kappa shape index (κ3) is 4.37. The highest BCUT2D eigenvalue weighted by Crippen LogP contribution is 2.22. The number of ether oxygens (including phenoxy) is 1. The molecule has 4 rings (SSSR count). The number of carbonyl (C=O) groups excluding carboxylic acids is 1. The van der Waals surface area contributed by atoms with E-state index in [0.29, 0.717) is 44.4 Å². The second kappa shape index (κ2) is 8.49. The van der Waals surface area contributed by atoms with E-state index in [1.165, 1.54) is 12.1 Å². The van der Waals surface area contributed by atoms with E-state index in [4.69, 9.17) is 9.26 Å². The van der Waals surface area contributed by atoms with Crippen LogP contribution in [0.2, 0.25) is 0 Å². The molecule has 0 radical (unpaired) electrons. The Morgan fingerprint density at radius 3 is 2.75 bits per heavy atom. The minimum absolute atomic E-state index is 0.0902. The van der Waals surface area contributed by atoms with E-state index < -0.39 is 5.82 Å². The number of piperazine rings is 1. The number of carbonyl (C=O) groups is 1. The number of benzene rings is 1. The van der Waals surface area contributed by atoms with Gasteiger partial charge in [0.05, 0.1) is 11.4 Å². The maximum atomic E-state index is 13.6. The molecule has 0 spiro atoms. The quantitative estimate of drug-likeness (QED) is 0.631. The summed E-state index contributed by atoms with van der Waals surface area (Å²) in [6, 6.07) is 9.96. The molecule has 1 amide bonds. The summed E-state index contributed by atoms with van der Waals surface area (Å²) in [5, 5.41) is 5.98. The van der Waals surface area contributed by atoms with Gasteiger partial charge in [-0.05, 0) is 23.6 Å². The smallest absolute Gasteiger partial charge is 0.260 e. The van der Waals surface area contributed by atoms with E-state index >= 15 is 0 Å². The van der Waals surface area contributed by atoms with Crippen LogP contribution in [0.15, 0.2) is 46.3 Å². The molecule has 1 aromatic carbocycles. The first kappa shape index (κ1) is 18.6. The number of hydrogen-bond donors (Lipinski definition) is 0. The maximum absolute atomic E-state index is 13.6. The lowest BCUT2D eigenvalue weighted by Crippen LogP contribution is -2.49. The van der Waals surface area contributed by atoms with Crippen LogP contribution in [-0.2, 0) is 11.3 Å². The maximum Gasteiger partial charge on any atom is 0.260 e. The molecular weight excluding hydrogens is 383 g/mol. The molecule has 0 N–H and O–H groups in total. The molecule has 9 heteroatoms. The van der Waals surface area contributed by atoms with Crippen molar-refractivity contribution in [3.05, 3.63) is 53.5 Å². The first-order chi connectivity index (χ1) is 13.7. The zero-order valence-electron chi connectivity index (χ0n) is 15.1. The van der Waals surface area contributed by atoms with Crippen LogP contribution in [0.25, 0.3) is 10.7 Å². The van der Waals surface area contributed by atoms with E-state index in [1.807, 2.05) is 17.5 Å². The normalized spacial score (nSPS) is 15.0. The Hall–Kier alpha value is -2.78. The van der Waals surface area contributed by atoms with Crippen molar-refractivity contribution >= 4 is 17.2 Å². The number of rotatable bonds is 6. The number of nitrogens with zero attached hydrogens (tertiary/aromatic N) is 4. The molecule has 2 aromatic heterocycles. The molecule has 1 saturated heterocycles. The lowest BCUT2D eigenvalue weighted by Gasteiger charge is -2.33. The third-order valence-electron chi connectivity index (χ3n) is 4.48. The van der Waals surface area contributed by atoms with Crippen molar-refractivity contribution in [3.8, 4) is 16.5 Å². The Morgan fingerprint density at radius 1 is 1.18 bits per heavy atom. The molecule has 0 atom stereocenters. The Morgan fingerprint density at radius 2 is 2.00 bits per heavy atom. The van der Waals surface area contributed by atoms with Gasteiger partial charge in [0, 0.05) is 26.2 Å². The van der Waals surface area contributed by atoms with Gasteiger partial charge in [-0.25, -0.2) is 4.39 Å². The number of hydrogen-bond acceptors (Lipinski definition) is 7. The Balaban J connectivity index is 1.24. The molecule has 0 aliphatic carbocycles. The van der Waals surface area contributed by atoms with Crippen LogP contribution in [0, 0.1) is 5.82 Å². The number of halogens is 1. The molecular formula is C19H19FN4O3S. The van der Waals surface area contributed by atoms with Crippen LogP contribution in [0.5, 0.6) is 5.75 Å². The first-order valence-corrected chi connectivity index (χ1v) is 9.81. The number of para-hydroxylation sites is 1. The zero-order chi connectivity index (χ0) is 19.3. The molecule has 7 nitrogen and oxygen atoms in total. The summed E-state index contributed by atoms with van der Waals surface area (Å²) < 4.78 is 24.2. The summed E-state index contributed by atoms with van der Waals surface area (Å²) in [4.78, 5) is 21.6. The largest absolute Gasteiger partial charge is 0.481 e. The van der Waals surface area contributed by atoms with Gasteiger partial charge in [0.1, 0.15) is 0 Å². The van der Waals surface area contributed by atoms with Gasteiger partial charge in [-0.3, -0.25) is 9.69 Å². The molecule has 1 aliphatic rings. The second-order valence-electron chi connectivity index (χ2n) is 6.37. The van der Waals surface area contributed by atoms with E-state index in [9.17, 15) is 9.18 Å². The Labute approximate surface area is 165 Å². The molecule has 1 aliphatic heterocycles. The standard InChI is InChI=1S/C19H19FN4O3S/c20-14-4-1-2-5-15(14)26-13-18(25)24-9-7-23(8-10-24)12-17-21-19(22-27-17)16-6-3-11-28-16/h1-6,11H,7-10,12-13H2. The van der Waals surface area contributed by atoms with Crippen molar-refractivity contribution in [2.75, 3.05) is 32.8 Å². The predicted molar refractivity (Wildman–Crippen MR) is 101 cm³/mol. The van der Waals surface area contributed by atoms with Crippen molar-refractivity contribution in [3.63, 3.8) is 0 Å². The minimum atomic E-state index is -0.471. The first-order valence-electron chi connectivity index (χ1n) is 8.93. The molecule has 1 fully saturated rings. The van der Waals surface area contributed by atoms with E-state index in [0.717, 1.165) is 4.88 Å². The van der Waals surface area contributed by atoms with Gasteiger partial charge in [-0.15, -0.1) is 11.3 Å². The van der Waals surface area contributed by atoms with Crippen LogP contribution in [-0.4, -0.2) is 58.6 Å². The van der Waals surface area contributed by atoms with E-state index in [1.54, 1.807) is 28.4 Å². The van der Waals surface area contributed by atoms with Gasteiger partial charge < -0.3 is 14.2 Å². The topological polar surface area (TPSA) is 71.7 Å². The van der Waals surface area contributed by atoms with Crippen LogP contribution in [0.4, 0.5) is 4.39 Å². The average Bonchev–Trinajstić information content (AvgIpc) is 3.39. The zero-order valence-corrected chi connectivity index (χ0v) is 15.9. The monoisotopic (exact) mass is 402 g/mol. The summed E-state index contributed by atoms with van der Waals surface area (Å²) in [5.74, 6) is 0.630. The van der Waals surface area contributed by atoms with Gasteiger partial charge in [0.15, 0.2) is 18.2 Å². The molecule has 28 heavy (non-hydrogen) atoms. The molecule has 0 saturated carbocycles. The van der Waals surface area contributed by atoms with E-state index in [2.05, 4.69) is 15.0 Å². The van der Waals surface area contributed by atoms with Gasteiger partial charge >= 0.3 is 0 Å². The fourth-order valence-corrected chi connectivity index (χ4v) is 3.61. The molecule has 3 aromatic rings. The lowest BCUT2D eigenvalue weighted by atomic mass is 10.3. The highest BCUT2D eigenvalue weighted by Gasteiger charge is 2.23. The van der Waals surface area contributed by atoms with Crippen LogP contribution in [0.1, 0.15) is 5.89 Å². The summed E-state index contributed by atoms with van der Waals surface area (Å²) >= 11 is 1.56. The van der Waals surface area contributed by atoms with Crippen molar-refractivity contribution < 1.29 is 18.4 Å². The molecule has 3 heterocycles. The SMILES string of the molecule is O=C(COc1ccccc1F)N1CCN(Cc2nc(-c3cccs3)no2)CC1.